The molecule has 0 bridgehead atoms. The summed E-state index contributed by atoms with van der Waals surface area (Å²) in [5.74, 6) is 0.417. The highest BCUT2D eigenvalue weighted by atomic mass is 19.1. The standard InChI is InChI=1S/C21H22FN5O/c1-15-12-24-20(16-6-4-10-23-13-16)27(15)17-7-5-11-26(14-17)21(28)25-19-9-3-2-8-18(19)22/h2-4,6,8-10,12-13,17H,5,7,11,14H2,1H3,(H,25,28). The summed E-state index contributed by atoms with van der Waals surface area (Å²) in [6.07, 6.45) is 7.21. The molecule has 1 unspecified atom stereocenters. The summed E-state index contributed by atoms with van der Waals surface area (Å²) in [5.41, 5.74) is 2.19. The average molecular weight is 379 g/mol. The van der Waals surface area contributed by atoms with E-state index in [9.17, 15) is 9.18 Å². The number of carbonyl (C=O) groups excluding carboxylic acids is 1. The third-order valence-electron chi connectivity index (χ3n) is 5.07. The first-order valence-electron chi connectivity index (χ1n) is 9.38. The maximum Gasteiger partial charge on any atom is 0.321 e. The van der Waals surface area contributed by atoms with Crippen LogP contribution >= 0.6 is 0 Å². The highest BCUT2D eigenvalue weighted by Crippen LogP contribution is 2.29. The molecule has 1 fully saturated rings. The quantitative estimate of drug-likeness (QED) is 0.739. The summed E-state index contributed by atoms with van der Waals surface area (Å²) in [5, 5.41) is 2.68. The van der Waals surface area contributed by atoms with Crippen molar-refractivity contribution in [2.45, 2.75) is 25.8 Å². The van der Waals surface area contributed by atoms with Crippen LogP contribution in [0.5, 0.6) is 0 Å². The van der Waals surface area contributed by atoms with E-state index in [1.54, 1.807) is 35.5 Å². The van der Waals surface area contributed by atoms with Crippen molar-refractivity contribution < 1.29 is 9.18 Å². The summed E-state index contributed by atoms with van der Waals surface area (Å²) >= 11 is 0. The SMILES string of the molecule is Cc1cnc(-c2cccnc2)n1C1CCCN(C(=O)Nc2ccccc2F)C1. The molecule has 1 aromatic carbocycles. The summed E-state index contributed by atoms with van der Waals surface area (Å²) < 4.78 is 16.0. The number of aromatic nitrogens is 3. The van der Waals surface area contributed by atoms with Gasteiger partial charge in [0.1, 0.15) is 11.6 Å². The van der Waals surface area contributed by atoms with E-state index < -0.39 is 5.82 Å². The Morgan fingerprint density at radius 1 is 1.21 bits per heavy atom. The molecule has 0 saturated carbocycles. The minimum atomic E-state index is -0.436. The van der Waals surface area contributed by atoms with Crippen LogP contribution in [0.1, 0.15) is 24.6 Å². The number of benzene rings is 1. The lowest BCUT2D eigenvalue weighted by molar-refractivity contribution is 0.178. The molecule has 4 rings (SSSR count). The van der Waals surface area contributed by atoms with Crippen molar-refractivity contribution in [1.82, 2.24) is 19.4 Å². The second-order valence-corrected chi connectivity index (χ2v) is 6.99. The lowest BCUT2D eigenvalue weighted by atomic mass is 10.0. The van der Waals surface area contributed by atoms with Crippen molar-refractivity contribution in [3.8, 4) is 11.4 Å². The minimum Gasteiger partial charge on any atom is -0.324 e. The zero-order valence-electron chi connectivity index (χ0n) is 15.7. The Hall–Kier alpha value is -3.22. The van der Waals surface area contributed by atoms with Gasteiger partial charge in [-0.25, -0.2) is 14.2 Å². The van der Waals surface area contributed by atoms with Crippen LogP contribution in [0.2, 0.25) is 0 Å². The third kappa shape index (κ3) is 3.60. The molecule has 1 atom stereocenters. The van der Waals surface area contributed by atoms with Gasteiger partial charge in [0, 0.05) is 42.9 Å². The fourth-order valence-corrected chi connectivity index (χ4v) is 3.72. The largest absolute Gasteiger partial charge is 0.324 e. The summed E-state index contributed by atoms with van der Waals surface area (Å²) in [7, 11) is 0. The molecule has 0 aliphatic carbocycles. The Morgan fingerprint density at radius 3 is 2.86 bits per heavy atom. The van der Waals surface area contributed by atoms with E-state index in [1.807, 2.05) is 25.3 Å². The number of halogens is 1. The lowest BCUT2D eigenvalue weighted by Gasteiger charge is -2.34. The van der Waals surface area contributed by atoms with Gasteiger partial charge >= 0.3 is 6.03 Å². The molecule has 1 saturated heterocycles. The van der Waals surface area contributed by atoms with Gasteiger partial charge in [-0.2, -0.15) is 0 Å². The van der Waals surface area contributed by atoms with Crippen LogP contribution in [0.15, 0.2) is 55.0 Å². The Bertz CT molecular complexity index is 972. The predicted octanol–water partition coefficient (Wildman–Crippen LogP) is 4.26. The fraction of sp³-hybridized carbons (Fsp3) is 0.286. The van der Waals surface area contributed by atoms with Gasteiger partial charge in [0.15, 0.2) is 0 Å². The number of hydrogen-bond acceptors (Lipinski definition) is 3. The van der Waals surface area contributed by atoms with Crippen LogP contribution in [-0.2, 0) is 0 Å². The minimum absolute atomic E-state index is 0.109. The maximum atomic E-state index is 13.9. The molecular weight excluding hydrogens is 357 g/mol. The lowest BCUT2D eigenvalue weighted by Crippen LogP contribution is -2.43. The highest BCUT2D eigenvalue weighted by Gasteiger charge is 2.27. The number of amides is 2. The molecule has 0 spiro atoms. The van der Waals surface area contributed by atoms with Crippen LogP contribution in [0, 0.1) is 12.7 Å². The van der Waals surface area contributed by atoms with Gasteiger partial charge < -0.3 is 14.8 Å². The monoisotopic (exact) mass is 379 g/mol. The van der Waals surface area contributed by atoms with E-state index in [1.165, 1.54) is 6.07 Å². The van der Waals surface area contributed by atoms with Crippen molar-refractivity contribution >= 4 is 11.7 Å². The average Bonchev–Trinajstić information content (AvgIpc) is 3.12. The number of nitrogens with one attached hydrogen (secondary N) is 1. The number of hydrogen-bond donors (Lipinski definition) is 1. The molecule has 28 heavy (non-hydrogen) atoms. The number of rotatable bonds is 3. The summed E-state index contributed by atoms with van der Waals surface area (Å²) in [6.45, 7) is 3.21. The van der Waals surface area contributed by atoms with Crippen LogP contribution in [0.4, 0.5) is 14.9 Å². The van der Waals surface area contributed by atoms with E-state index in [4.69, 9.17) is 0 Å². The number of anilines is 1. The third-order valence-corrected chi connectivity index (χ3v) is 5.07. The van der Waals surface area contributed by atoms with Crippen molar-refractivity contribution in [2.75, 3.05) is 18.4 Å². The Kier molecular flexibility index (Phi) is 5.06. The zero-order chi connectivity index (χ0) is 19.5. The number of para-hydroxylation sites is 1. The maximum absolute atomic E-state index is 13.9. The van der Waals surface area contributed by atoms with Gasteiger partial charge in [0.05, 0.1) is 11.7 Å². The molecular formula is C21H22FN5O. The van der Waals surface area contributed by atoms with E-state index >= 15 is 0 Å². The van der Waals surface area contributed by atoms with Gasteiger partial charge in [-0.3, -0.25) is 4.98 Å². The molecule has 1 aliphatic rings. The topological polar surface area (TPSA) is 63.1 Å². The predicted molar refractivity (Wildman–Crippen MR) is 105 cm³/mol. The summed E-state index contributed by atoms with van der Waals surface area (Å²) in [4.78, 5) is 23.2. The van der Waals surface area contributed by atoms with Crippen molar-refractivity contribution in [3.05, 3.63) is 66.5 Å². The van der Waals surface area contributed by atoms with Gasteiger partial charge in [0.25, 0.3) is 0 Å². The summed E-state index contributed by atoms with van der Waals surface area (Å²) in [6, 6.07) is 9.90. The first kappa shape index (κ1) is 18.2. The second kappa shape index (κ2) is 7.80. The van der Waals surface area contributed by atoms with Gasteiger partial charge in [-0.15, -0.1) is 0 Å². The van der Waals surface area contributed by atoms with Crippen LogP contribution < -0.4 is 5.32 Å². The van der Waals surface area contributed by atoms with Gasteiger partial charge in [-0.05, 0) is 44.0 Å². The van der Waals surface area contributed by atoms with E-state index in [-0.39, 0.29) is 17.8 Å². The van der Waals surface area contributed by atoms with E-state index in [0.717, 1.165) is 29.9 Å². The number of aryl methyl sites for hydroxylation is 1. The molecule has 2 amide bonds. The molecule has 3 heterocycles. The van der Waals surface area contributed by atoms with Gasteiger partial charge in [-0.1, -0.05) is 12.1 Å². The van der Waals surface area contributed by atoms with E-state index in [2.05, 4.69) is 19.9 Å². The first-order chi connectivity index (χ1) is 13.6. The Morgan fingerprint density at radius 2 is 2.07 bits per heavy atom. The number of pyridine rings is 1. The molecule has 0 radical (unpaired) electrons. The number of urea groups is 1. The first-order valence-corrected chi connectivity index (χ1v) is 9.38. The molecule has 7 heteroatoms. The van der Waals surface area contributed by atoms with Crippen LogP contribution in [0.25, 0.3) is 11.4 Å². The van der Waals surface area contributed by atoms with Gasteiger partial charge in [0.2, 0.25) is 0 Å². The van der Waals surface area contributed by atoms with E-state index in [0.29, 0.717) is 13.1 Å². The number of piperidine rings is 1. The van der Waals surface area contributed by atoms with Crippen molar-refractivity contribution in [3.63, 3.8) is 0 Å². The molecule has 144 valence electrons. The van der Waals surface area contributed by atoms with Crippen molar-refractivity contribution in [1.29, 1.82) is 0 Å². The normalized spacial score (nSPS) is 16.8. The molecule has 2 aromatic heterocycles. The van der Waals surface area contributed by atoms with Crippen LogP contribution in [-0.4, -0.2) is 38.6 Å². The van der Waals surface area contributed by atoms with Crippen LogP contribution in [0.3, 0.4) is 0 Å². The smallest absolute Gasteiger partial charge is 0.321 e. The molecule has 3 aromatic rings. The zero-order valence-corrected chi connectivity index (χ0v) is 15.7. The number of carbonyl (C=O) groups is 1. The Balaban J connectivity index is 1.54. The molecule has 1 N–H and O–H groups in total. The Labute approximate surface area is 163 Å². The highest BCUT2D eigenvalue weighted by molar-refractivity contribution is 5.89. The fourth-order valence-electron chi connectivity index (χ4n) is 3.72. The number of imidazole rings is 1. The molecule has 1 aliphatic heterocycles. The number of nitrogens with zero attached hydrogens (tertiary/aromatic N) is 4. The molecule has 6 nitrogen and oxygen atoms in total. The second-order valence-electron chi connectivity index (χ2n) is 6.99. The van der Waals surface area contributed by atoms with Crippen molar-refractivity contribution in [2.24, 2.45) is 0 Å². The number of likely N-dealkylation sites (tertiary alicyclic amines) is 1.